The van der Waals surface area contributed by atoms with Gasteiger partial charge in [-0.25, -0.2) is 13.4 Å². The molecule has 4 nitrogen and oxygen atoms in total. The molecule has 6 heteroatoms. The summed E-state index contributed by atoms with van der Waals surface area (Å²) in [6.07, 6.45) is 3.64. The van der Waals surface area contributed by atoms with Crippen molar-refractivity contribution in [1.82, 2.24) is 5.32 Å². The number of sulfone groups is 1. The summed E-state index contributed by atoms with van der Waals surface area (Å²) in [5, 5.41) is 4.47. The highest BCUT2D eigenvalue weighted by atomic mass is 79.9. The van der Waals surface area contributed by atoms with Crippen LogP contribution in [0.15, 0.2) is 16.1 Å². The van der Waals surface area contributed by atoms with Crippen molar-refractivity contribution in [3.63, 3.8) is 0 Å². The van der Waals surface area contributed by atoms with Crippen LogP contribution in [-0.2, 0) is 9.84 Å². The summed E-state index contributed by atoms with van der Waals surface area (Å²) in [5.74, 6) is 0. The van der Waals surface area contributed by atoms with Crippen molar-refractivity contribution in [3.8, 4) is 0 Å². The second-order valence-corrected chi connectivity index (χ2v) is 6.52. The van der Waals surface area contributed by atoms with Crippen LogP contribution in [0.3, 0.4) is 0 Å². The topological polar surface area (TPSA) is 58.5 Å². The Morgan fingerprint density at radius 1 is 1.57 bits per heavy atom. The van der Waals surface area contributed by atoms with Crippen molar-refractivity contribution in [2.24, 2.45) is 4.99 Å². The molecule has 0 spiro atoms. The van der Waals surface area contributed by atoms with Gasteiger partial charge in [-0.3, -0.25) is 0 Å². The van der Waals surface area contributed by atoms with Gasteiger partial charge in [-0.2, -0.15) is 0 Å². The third kappa shape index (κ3) is 2.07. The molecule has 1 aliphatic carbocycles. The van der Waals surface area contributed by atoms with Crippen LogP contribution in [0.4, 0.5) is 0 Å². The van der Waals surface area contributed by atoms with Crippen LogP contribution < -0.4 is 5.32 Å². The van der Waals surface area contributed by atoms with Gasteiger partial charge < -0.3 is 5.32 Å². The van der Waals surface area contributed by atoms with E-state index in [1.165, 1.54) is 24.7 Å². The van der Waals surface area contributed by atoms with Gasteiger partial charge in [0.15, 0.2) is 0 Å². The van der Waals surface area contributed by atoms with E-state index in [0.29, 0.717) is 18.3 Å². The Balaban J connectivity index is 1.94. The first kappa shape index (κ1) is 10.3. The van der Waals surface area contributed by atoms with Crippen molar-refractivity contribution in [1.29, 1.82) is 0 Å². The standard InChI is InChI=1S/C8H11BrN2O2S/c9-8-11-7(5-14(8,12)13)4-10-6-2-1-3-6/h5-6,10H,1-4H2. The lowest BCUT2D eigenvalue weighted by atomic mass is 9.93. The van der Waals surface area contributed by atoms with Gasteiger partial charge in [0.2, 0.25) is 13.8 Å². The van der Waals surface area contributed by atoms with Crippen LogP contribution in [0.2, 0.25) is 0 Å². The van der Waals surface area contributed by atoms with Gasteiger partial charge in [-0.05, 0) is 28.8 Å². The zero-order chi connectivity index (χ0) is 10.2. The van der Waals surface area contributed by atoms with E-state index in [0.717, 1.165) is 0 Å². The van der Waals surface area contributed by atoms with E-state index in [9.17, 15) is 8.42 Å². The maximum absolute atomic E-state index is 11.2. The minimum Gasteiger partial charge on any atom is -0.308 e. The fourth-order valence-electron chi connectivity index (χ4n) is 1.37. The Morgan fingerprint density at radius 2 is 2.29 bits per heavy atom. The number of halogens is 1. The zero-order valence-electron chi connectivity index (χ0n) is 7.53. The molecule has 0 atom stereocenters. The van der Waals surface area contributed by atoms with Gasteiger partial charge in [-0.15, -0.1) is 0 Å². The average molecular weight is 279 g/mol. The summed E-state index contributed by atoms with van der Waals surface area (Å²) in [6.45, 7) is 0.541. The molecule has 2 aliphatic rings. The molecule has 0 aromatic rings. The second kappa shape index (κ2) is 3.75. The summed E-state index contributed by atoms with van der Waals surface area (Å²) in [6, 6.07) is 0.549. The molecule has 2 rings (SSSR count). The zero-order valence-corrected chi connectivity index (χ0v) is 9.94. The molecule has 0 saturated heterocycles. The van der Waals surface area contributed by atoms with Crippen molar-refractivity contribution < 1.29 is 8.42 Å². The molecule has 1 heterocycles. The Kier molecular flexibility index (Phi) is 2.77. The quantitative estimate of drug-likeness (QED) is 0.843. The predicted octanol–water partition coefficient (Wildman–Crippen LogP) is 1.15. The van der Waals surface area contributed by atoms with Crippen molar-refractivity contribution in [2.45, 2.75) is 25.3 Å². The molecular weight excluding hydrogens is 268 g/mol. The molecule has 0 aromatic carbocycles. The van der Waals surface area contributed by atoms with Gasteiger partial charge >= 0.3 is 0 Å². The molecule has 0 unspecified atom stereocenters. The van der Waals surface area contributed by atoms with Crippen LogP contribution in [0.1, 0.15) is 19.3 Å². The van der Waals surface area contributed by atoms with E-state index in [1.54, 1.807) is 0 Å². The summed E-state index contributed by atoms with van der Waals surface area (Å²) >= 11 is 2.92. The first-order valence-electron chi connectivity index (χ1n) is 4.51. The molecule has 0 radical (unpaired) electrons. The summed E-state index contributed by atoms with van der Waals surface area (Å²) < 4.78 is 22.5. The van der Waals surface area contributed by atoms with E-state index in [-0.39, 0.29) is 3.95 Å². The molecule has 78 valence electrons. The molecule has 1 saturated carbocycles. The van der Waals surface area contributed by atoms with Gasteiger partial charge in [0.25, 0.3) is 0 Å². The first-order valence-corrected chi connectivity index (χ1v) is 6.85. The minimum absolute atomic E-state index is 0.0235. The lowest BCUT2D eigenvalue weighted by Crippen LogP contribution is -2.35. The van der Waals surface area contributed by atoms with E-state index in [2.05, 4.69) is 26.2 Å². The number of hydrogen-bond acceptors (Lipinski definition) is 4. The summed E-state index contributed by atoms with van der Waals surface area (Å²) in [7, 11) is -3.25. The largest absolute Gasteiger partial charge is 0.308 e. The number of nitrogens with zero attached hydrogens (tertiary/aromatic N) is 1. The Morgan fingerprint density at radius 3 is 2.71 bits per heavy atom. The fraction of sp³-hybridized carbons (Fsp3) is 0.625. The van der Waals surface area contributed by atoms with Crippen LogP contribution in [0.25, 0.3) is 0 Å². The second-order valence-electron chi connectivity index (χ2n) is 3.53. The van der Waals surface area contributed by atoms with Crippen molar-refractivity contribution >= 4 is 29.7 Å². The third-order valence-electron chi connectivity index (χ3n) is 2.43. The number of hydrogen-bond donors (Lipinski definition) is 1. The lowest BCUT2D eigenvalue weighted by molar-refractivity contribution is 0.349. The molecule has 0 aromatic heterocycles. The van der Waals surface area contributed by atoms with E-state index in [1.807, 2.05) is 0 Å². The molecule has 1 N–H and O–H groups in total. The van der Waals surface area contributed by atoms with Crippen molar-refractivity contribution in [3.05, 3.63) is 11.1 Å². The van der Waals surface area contributed by atoms with Gasteiger partial charge in [0.05, 0.1) is 11.1 Å². The fourth-order valence-corrected chi connectivity index (χ4v) is 2.72. The number of nitrogens with one attached hydrogen (secondary N) is 1. The van der Waals surface area contributed by atoms with Crippen LogP contribution >= 0.6 is 15.9 Å². The lowest BCUT2D eigenvalue weighted by Gasteiger charge is -2.26. The Hall–Kier alpha value is -0.200. The monoisotopic (exact) mass is 278 g/mol. The Labute approximate surface area is 91.5 Å². The molecule has 14 heavy (non-hydrogen) atoms. The van der Waals surface area contributed by atoms with Gasteiger partial charge in [-0.1, -0.05) is 6.42 Å². The number of rotatable bonds is 3. The highest BCUT2D eigenvalue weighted by Gasteiger charge is 2.23. The van der Waals surface area contributed by atoms with E-state index >= 15 is 0 Å². The van der Waals surface area contributed by atoms with E-state index < -0.39 is 9.84 Å². The maximum Gasteiger partial charge on any atom is 0.225 e. The average Bonchev–Trinajstić information content (AvgIpc) is 2.23. The van der Waals surface area contributed by atoms with Crippen LogP contribution in [0, 0.1) is 0 Å². The highest BCUT2D eigenvalue weighted by Crippen LogP contribution is 2.21. The van der Waals surface area contributed by atoms with Crippen molar-refractivity contribution in [2.75, 3.05) is 6.54 Å². The SMILES string of the molecule is O=S1(=O)C=C(CNC2CCC2)N=C1Br. The normalized spacial score (nSPS) is 25.5. The molecule has 0 amide bonds. The molecule has 0 bridgehead atoms. The molecular formula is C8H11BrN2O2S. The summed E-state index contributed by atoms with van der Waals surface area (Å²) in [5.41, 5.74) is 0.587. The molecule has 1 fully saturated rings. The highest BCUT2D eigenvalue weighted by molar-refractivity contribution is 9.21. The van der Waals surface area contributed by atoms with Crippen LogP contribution in [-0.4, -0.2) is 25.0 Å². The maximum atomic E-state index is 11.2. The number of aliphatic imine (C=N–C) groups is 1. The van der Waals surface area contributed by atoms with E-state index in [4.69, 9.17) is 0 Å². The smallest absolute Gasteiger partial charge is 0.225 e. The van der Waals surface area contributed by atoms with Gasteiger partial charge in [0, 0.05) is 12.6 Å². The molecule has 1 aliphatic heterocycles. The van der Waals surface area contributed by atoms with Gasteiger partial charge in [0.1, 0.15) is 0 Å². The minimum atomic E-state index is -3.25. The third-order valence-corrected chi connectivity index (χ3v) is 5.11. The summed E-state index contributed by atoms with van der Waals surface area (Å²) in [4.78, 5) is 3.92. The van der Waals surface area contributed by atoms with Crippen LogP contribution in [0.5, 0.6) is 0 Å². The predicted molar refractivity (Wildman–Crippen MR) is 59.0 cm³/mol. The Bertz CT molecular complexity index is 396. The first-order chi connectivity index (χ1) is 6.58.